The fourth-order valence-corrected chi connectivity index (χ4v) is 1.87. The molecule has 0 spiro atoms. The minimum Gasteiger partial charge on any atom is -0.383 e. The van der Waals surface area contributed by atoms with Gasteiger partial charge in [-0.3, -0.25) is 9.59 Å². The standard InChI is InChI=1S/C12H23N3O3/c1-18-9-6-13-10-11(16)14-5-4-12(17)15-7-2-3-8-15/h13H,2-10H2,1H3,(H,14,16). The number of amides is 2. The Balaban J connectivity index is 1.99. The average Bonchev–Trinajstić information content (AvgIpc) is 2.88. The van der Waals surface area contributed by atoms with E-state index in [1.807, 2.05) is 4.90 Å². The summed E-state index contributed by atoms with van der Waals surface area (Å²) < 4.78 is 4.85. The summed E-state index contributed by atoms with van der Waals surface area (Å²) in [5.41, 5.74) is 0. The van der Waals surface area contributed by atoms with Crippen LogP contribution in [0.2, 0.25) is 0 Å². The summed E-state index contributed by atoms with van der Waals surface area (Å²) in [4.78, 5) is 24.9. The van der Waals surface area contributed by atoms with Crippen LogP contribution in [0.3, 0.4) is 0 Å². The Morgan fingerprint density at radius 2 is 1.94 bits per heavy atom. The minimum atomic E-state index is -0.0830. The predicted molar refractivity (Wildman–Crippen MR) is 68.2 cm³/mol. The number of ether oxygens (including phenoxy) is 1. The first-order valence-electron chi connectivity index (χ1n) is 6.48. The van der Waals surface area contributed by atoms with E-state index < -0.39 is 0 Å². The molecule has 104 valence electrons. The van der Waals surface area contributed by atoms with Gasteiger partial charge in [-0.25, -0.2) is 0 Å². The highest BCUT2D eigenvalue weighted by atomic mass is 16.5. The fraction of sp³-hybridized carbons (Fsp3) is 0.833. The van der Waals surface area contributed by atoms with Crippen molar-refractivity contribution in [3.05, 3.63) is 0 Å². The number of likely N-dealkylation sites (tertiary alicyclic amines) is 1. The first-order valence-corrected chi connectivity index (χ1v) is 6.48. The Labute approximate surface area is 108 Å². The molecule has 0 aromatic carbocycles. The number of nitrogens with zero attached hydrogens (tertiary/aromatic N) is 1. The van der Waals surface area contributed by atoms with E-state index in [-0.39, 0.29) is 18.4 Å². The monoisotopic (exact) mass is 257 g/mol. The third kappa shape index (κ3) is 5.97. The van der Waals surface area contributed by atoms with E-state index in [0.717, 1.165) is 25.9 Å². The van der Waals surface area contributed by atoms with Crippen molar-refractivity contribution >= 4 is 11.8 Å². The van der Waals surface area contributed by atoms with Gasteiger partial charge in [-0.1, -0.05) is 0 Å². The molecule has 6 heteroatoms. The van der Waals surface area contributed by atoms with Crippen LogP contribution in [0.5, 0.6) is 0 Å². The second-order valence-corrected chi connectivity index (χ2v) is 4.36. The van der Waals surface area contributed by atoms with Gasteiger partial charge in [0.05, 0.1) is 13.2 Å². The zero-order valence-corrected chi connectivity index (χ0v) is 11.0. The Bertz CT molecular complexity index is 265. The van der Waals surface area contributed by atoms with E-state index in [1.165, 1.54) is 0 Å². The first kappa shape index (κ1) is 14.9. The number of hydrogen-bond acceptors (Lipinski definition) is 4. The van der Waals surface area contributed by atoms with Gasteiger partial charge in [-0.05, 0) is 12.8 Å². The van der Waals surface area contributed by atoms with Crippen molar-refractivity contribution < 1.29 is 14.3 Å². The number of hydrogen-bond donors (Lipinski definition) is 2. The average molecular weight is 257 g/mol. The number of carbonyl (C=O) groups is 2. The number of rotatable bonds is 8. The smallest absolute Gasteiger partial charge is 0.233 e. The van der Waals surface area contributed by atoms with Gasteiger partial charge in [0.2, 0.25) is 11.8 Å². The van der Waals surface area contributed by atoms with Gasteiger partial charge in [0.15, 0.2) is 0 Å². The minimum absolute atomic E-state index is 0.0830. The molecule has 2 N–H and O–H groups in total. The molecule has 6 nitrogen and oxygen atoms in total. The van der Waals surface area contributed by atoms with Crippen LogP contribution < -0.4 is 10.6 Å². The lowest BCUT2D eigenvalue weighted by molar-refractivity contribution is -0.130. The Hall–Kier alpha value is -1.14. The third-order valence-corrected chi connectivity index (χ3v) is 2.89. The van der Waals surface area contributed by atoms with Gasteiger partial charge in [0.1, 0.15) is 0 Å². The van der Waals surface area contributed by atoms with Crippen LogP contribution in [-0.4, -0.2) is 63.2 Å². The second kappa shape index (κ2) is 8.88. The summed E-state index contributed by atoms with van der Waals surface area (Å²) in [6, 6.07) is 0. The lowest BCUT2D eigenvalue weighted by Crippen LogP contribution is -2.37. The quantitative estimate of drug-likeness (QED) is 0.567. The highest BCUT2D eigenvalue weighted by Gasteiger charge is 2.17. The van der Waals surface area contributed by atoms with E-state index in [1.54, 1.807) is 7.11 Å². The predicted octanol–water partition coefficient (Wildman–Crippen LogP) is -0.649. The normalized spacial score (nSPS) is 14.8. The zero-order valence-electron chi connectivity index (χ0n) is 11.0. The lowest BCUT2D eigenvalue weighted by Gasteiger charge is -2.15. The van der Waals surface area contributed by atoms with Gasteiger partial charge < -0.3 is 20.3 Å². The van der Waals surface area contributed by atoms with Gasteiger partial charge in [0, 0.05) is 39.7 Å². The van der Waals surface area contributed by atoms with Crippen LogP contribution in [-0.2, 0) is 14.3 Å². The molecule has 1 aliphatic heterocycles. The first-order chi connectivity index (χ1) is 8.74. The molecular formula is C12H23N3O3. The van der Waals surface area contributed by atoms with Crippen molar-refractivity contribution in [2.45, 2.75) is 19.3 Å². The van der Waals surface area contributed by atoms with Crippen molar-refractivity contribution in [2.75, 3.05) is 46.4 Å². The summed E-state index contributed by atoms with van der Waals surface area (Å²) in [5.74, 6) is 0.0560. The van der Waals surface area contributed by atoms with Crippen molar-refractivity contribution in [1.29, 1.82) is 0 Å². The van der Waals surface area contributed by atoms with Crippen LogP contribution in [0.4, 0.5) is 0 Å². The Morgan fingerprint density at radius 1 is 1.22 bits per heavy atom. The van der Waals surface area contributed by atoms with Gasteiger partial charge in [0.25, 0.3) is 0 Å². The summed E-state index contributed by atoms with van der Waals surface area (Å²) in [6.07, 6.45) is 2.59. The second-order valence-electron chi connectivity index (χ2n) is 4.36. The molecule has 2 amide bonds. The molecule has 0 bridgehead atoms. The zero-order chi connectivity index (χ0) is 13.2. The molecule has 1 heterocycles. The van der Waals surface area contributed by atoms with Crippen molar-refractivity contribution in [2.24, 2.45) is 0 Å². The largest absolute Gasteiger partial charge is 0.383 e. The summed E-state index contributed by atoms with van der Waals surface area (Å²) in [7, 11) is 1.62. The van der Waals surface area contributed by atoms with Crippen molar-refractivity contribution in [3.63, 3.8) is 0 Å². The highest BCUT2D eigenvalue weighted by molar-refractivity contribution is 5.80. The Kier molecular flexibility index (Phi) is 7.36. The third-order valence-electron chi connectivity index (χ3n) is 2.89. The maximum Gasteiger partial charge on any atom is 0.233 e. The molecule has 1 rings (SSSR count). The lowest BCUT2D eigenvalue weighted by atomic mass is 10.3. The molecule has 0 atom stereocenters. The topological polar surface area (TPSA) is 70.7 Å². The molecule has 0 radical (unpaired) electrons. The SMILES string of the molecule is COCCNCC(=O)NCCC(=O)N1CCCC1. The molecular weight excluding hydrogens is 234 g/mol. The van der Waals surface area contributed by atoms with Crippen LogP contribution in [0, 0.1) is 0 Å². The molecule has 0 saturated carbocycles. The van der Waals surface area contributed by atoms with Crippen LogP contribution in [0.15, 0.2) is 0 Å². The highest BCUT2D eigenvalue weighted by Crippen LogP contribution is 2.08. The molecule has 1 aliphatic rings. The molecule has 18 heavy (non-hydrogen) atoms. The molecule has 0 aromatic rings. The van der Waals surface area contributed by atoms with Gasteiger partial charge in [-0.15, -0.1) is 0 Å². The fourth-order valence-electron chi connectivity index (χ4n) is 1.87. The number of carbonyl (C=O) groups excluding carboxylic acids is 2. The van der Waals surface area contributed by atoms with E-state index in [9.17, 15) is 9.59 Å². The van der Waals surface area contributed by atoms with Gasteiger partial charge in [-0.2, -0.15) is 0 Å². The van der Waals surface area contributed by atoms with Gasteiger partial charge >= 0.3 is 0 Å². The van der Waals surface area contributed by atoms with Crippen molar-refractivity contribution in [3.8, 4) is 0 Å². The van der Waals surface area contributed by atoms with Crippen molar-refractivity contribution in [1.82, 2.24) is 15.5 Å². The number of methoxy groups -OCH3 is 1. The maximum atomic E-state index is 11.7. The van der Waals surface area contributed by atoms with E-state index >= 15 is 0 Å². The molecule has 1 saturated heterocycles. The maximum absolute atomic E-state index is 11.7. The van der Waals surface area contributed by atoms with Crippen LogP contribution in [0.25, 0.3) is 0 Å². The molecule has 1 fully saturated rings. The van der Waals surface area contributed by atoms with E-state index in [2.05, 4.69) is 10.6 Å². The Morgan fingerprint density at radius 3 is 2.61 bits per heavy atom. The van der Waals surface area contributed by atoms with E-state index in [0.29, 0.717) is 26.1 Å². The van der Waals surface area contributed by atoms with Crippen LogP contribution in [0.1, 0.15) is 19.3 Å². The summed E-state index contributed by atoms with van der Waals surface area (Å²) in [5, 5.41) is 5.67. The summed E-state index contributed by atoms with van der Waals surface area (Å²) in [6.45, 7) is 3.65. The summed E-state index contributed by atoms with van der Waals surface area (Å²) >= 11 is 0. The molecule has 0 aromatic heterocycles. The molecule has 0 aliphatic carbocycles. The van der Waals surface area contributed by atoms with Crippen LogP contribution >= 0.6 is 0 Å². The molecule has 0 unspecified atom stereocenters. The number of nitrogens with one attached hydrogen (secondary N) is 2. The van der Waals surface area contributed by atoms with E-state index in [4.69, 9.17) is 4.74 Å².